The van der Waals surface area contributed by atoms with Crippen molar-refractivity contribution in [2.75, 3.05) is 12.4 Å². The van der Waals surface area contributed by atoms with E-state index in [2.05, 4.69) is 15.6 Å². The van der Waals surface area contributed by atoms with Crippen LogP contribution in [-0.4, -0.2) is 57.6 Å². The molecule has 0 aliphatic heterocycles. The first-order valence-electron chi connectivity index (χ1n) is 13.7. The van der Waals surface area contributed by atoms with Gasteiger partial charge in [0.25, 0.3) is 11.8 Å². The fourth-order valence-corrected chi connectivity index (χ4v) is 4.80. The van der Waals surface area contributed by atoms with Crippen molar-refractivity contribution in [3.63, 3.8) is 0 Å². The molecule has 11 heteroatoms. The molecule has 222 valence electrons. The van der Waals surface area contributed by atoms with Crippen LogP contribution in [0.4, 0.5) is 5.69 Å². The fourth-order valence-electron chi connectivity index (χ4n) is 4.80. The number of hydrogen-bond donors (Lipinski definition) is 6. The second-order valence-corrected chi connectivity index (χ2v) is 10.1. The number of methoxy groups -OCH3 is 1. The second kappa shape index (κ2) is 13.7. The van der Waals surface area contributed by atoms with Crippen LogP contribution in [0.2, 0.25) is 0 Å². The average Bonchev–Trinajstić information content (AvgIpc) is 2.96. The summed E-state index contributed by atoms with van der Waals surface area (Å²) in [7, 11) is 1.39. The van der Waals surface area contributed by atoms with Gasteiger partial charge in [-0.1, -0.05) is 32.8 Å². The zero-order valence-corrected chi connectivity index (χ0v) is 24.2. The minimum atomic E-state index is -1.30. The Morgan fingerprint density at radius 3 is 2.12 bits per heavy atom. The Labute approximate surface area is 244 Å². The molecule has 0 saturated carbocycles. The highest BCUT2D eigenvalue weighted by Gasteiger charge is 2.33. The number of ether oxygens (including phenoxy) is 1. The smallest absolute Gasteiger partial charge is 0.336 e. The number of hydrogen-bond acceptors (Lipinski definition) is 7. The molecule has 0 saturated heterocycles. The molecule has 42 heavy (non-hydrogen) atoms. The van der Waals surface area contributed by atoms with Gasteiger partial charge in [0.05, 0.1) is 24.3 Å². The maximum Gasteiger partial charge on any atom is 0.336 e. The van der Waals surface area contributed by atoms with E-state index in [0.717, 1.165) is 12.8 Å². The number of carboxylic acids is 1. The Kier molecular flexibility index (Phi) is 10.4. The van der Waals surface area contributed by atoms with Gasteiger partial charge in [-0.25, -0.2) is 9.78 Å². The largest absolute Gasteiger partial charge is 0.481 e. The van der Waals surface area contributed by atoms with E-state index in [-0.39, 0.29) is 39.7 Å². The number of pyridine rings is 1. The molecule has 0 spiro atoms. The van der Waals surface area contributed by atoms with Crippen molar-refractivity contribution < 1.29 is 29.3 Å². The maximum atomic E-state index is 13.3. The first-order valence-corrected chi connectivity index (χ1v) is 13.7. The van der Waals surface area contributed by atoms with E-state index in [9.17, 15) is 24.6 Å². The third kappa shape index (κ3) is 7.29. The molecule has 0 radical (unpaired) electrons. The topological polar surface area (TPSA) is 188 Å². The lowest BCUT2D eigenvalue weighted by Crippen LogP contribution is -2.51. The number of carbonyl (C=O) groups excluding carboxylic acids is 2. The number of amides is 2. The van der Waals surface area contributed by atoms with Gasteiger partial charge >= 0.3 is 5.97 Å². The minimum absolute atomic E-state index is 0.0939. The zero-order valence-electron chi connectivity index (χ0n) is 24.2. The molecule has 1 heterocycles. The summed E-state index contributed by atoms with van der Waals surface area (Å²) in [6.07, 6.45) is 2.50. The molecule has 0 fully saturated rings. The number of nitrogens with two attached hydrogens (primary N) is 1. The van der Waals surface area contributed by atoms with E-state index >= 15 is 0 Å². The highest BCUT2D eigenvalue weighted by Crippen LogP contribution is 2.30. The van der Waals surface area contributed by atoms with E-state index in [1.54, 1.807) is 31.2 Å². The number of carbonyl (C=O) groups is 3. The first-order chi connectivity index (χ1) is 19.9. The van der Waals surface area contributed by atoms with Gasteiger partial charge in [-0.15, -0.1) is 0 Å². The van der Waals surface area contributed by atoms with Crippen molar-refractivity contribution in [2.45, 2.75) is 58.1 Å². The monoisotopic (exact) mass is 575 g/mol. The van der Waals surface area contributed by atoms with Crippen LogP contribution in [-0.2, 0) is 0 Å². The van der Waals surface area contributed by atoms with Crippen LogP contribution in [0.3, 0.4) is 0 Å². The predicted molar refractivity (Wildman–Crippen MR) is 160 cm³/mol. The molecule has 7 N–H and O–H groups in total. The molecule has 3 rings (SSSR count). The lowest BCUT2D eigenvalue weighted by molar-refractivity contribution is -0.00882. The Bertz CT molecular complexity index is 1470. The number of nitrogens with zero attached hydrogens (tertiary/aromatic N) is 1. The molecule has 1 atom stereocenters. The van der Waals surface area contributed by atoms with Gasteiger partial charge in [0.2, 0.25) is 5.88 Å². The molecule has 11 nitrogen and oxygen atoms in total. The fraction of sp³-hybridized carbons (Fsp3) is 0.323. The van der Waals surface area contributed by atoms with Crippen LogP contribution >= 0.6 is 0 Å². The number of aromatic nitrogens is 1. The van der Waals surface area contributed by atoms with E-state index in [1.807, 2.05) is 13.8 Å². The van der Waals surface area contributed by atoms with Crippen molar-refractivity contribution in [3.05, 3.63) is 77.0 Å². The summed E-state index contributed by atoms with van der Waals surface area (Å²) in [6, 6.07) is 12.9. The number of nitrogens with one attached hydrogen (secondary N) is 3. The van der Waals surface area contributed by atoms with Gasteiger partial charge in [0.1, 0.15) is 11.5 Å². The third-order valence-electron chi connectivity index (χ3n) is 7.07. The summed E-state index contributed by atoms with van der Waals surface area (Å²) in [6.45, 7) is 5.65. The number of aromatic carboxylic acids is 1. The Balaban J connectivity index is 1.98. The standard InChI is InChI=1S/C31H37N5O6/c1-5-15-31(41,16-6-2)18(3)34-28(37)20-9-12-22(24(17-20)30(39)40)23-13-14-25(42-4)36-26(23)29(38)35-21-10-7-19(8-11-21)27(32)33/h7-14,17-18,41H,5-6,15-16H2,1-4H3,(H3,32,33)(H,34,37)(H,35,38)(H,39,40). The summed E-state index contributed by atoms with van der Waals surface area (Å²) in [5.74, 6) is -2.43. The summed E-state index contributed by atoms with van der Waals surface area (Å²) < 4.78 is 5.20. The zero-order chi connectivity index (χ0) is 31.0. The van der Waals surface area contributed by atoms with E-state index in [0.29, 0.717) is 24.1 Å². The molecule has 1 aromatic heterocycles. The first kappa shape index (κ1) is 31.8. The van der Waals surface area contributed by atoms with E-state index in [4.69, 9.17) is 15.9 Å². The summed E-state index contributed by atoms with van der Waals surface area (Å²) >= 11 is 0. The number of nitrogen functional groups attached to an aromatic ring is 1. The highest BCUT2D eigenvalue weighted by molar-refractivity contribution is 6.10. The maximum absolute atomic E-state index is 13.3. The predicted octanol–water partition coefficient (Wildman–Crippen LogP) is 4.44. The number of carboxylic acid groups (broad SMARTS) is 1. The Hall–Kier alpha value is -4.77. The van der Waals surface area contributed by atoms with E-state index in [1.165, 1.54) is 37.4 Å². The third-order valence-corrected chi connectivity index (χ3v) is 7.07. The number of aliphatic hydroxyl groups is 1. The van der Waals surface area contributed by atoms with Crippen LogP contribution in [0.5, 0.6) is 5.88 Å². The molecule has 0 bridgehead atoms. The molecule has 2 amide bonds. The summed E-state index contributed by atoms with van der Waals surface area (Å²) in [5.41, 5.74) is 5.48. The van der Waals surface area contributed by atoms with Crippen LogP contribution < -0.4 is 21.1 Å². The molecule has 0 aliphatic rings. The molecule has 1 unspecified atom stereocenters. The second-order valence-electron chi connectivity index (χ2n) is 10.1. The van der Waals surface area contributed by atoms with Crippen molar-refractivity contribution in [3.8, 4) is 17.0 Å². The number of anilines is 1. The van der Waals surface area contributed by atoms with Gasteiger partial charge in [0, 0.05) is 28.4 Å². The van der Waals surface area contributed by atoms with Crippen molar-refractivity contribution in [1.29, 1.82) is 5.41 Å². The molecular formula is C31H37N5O6. The molecule has 0 aliphatic carbocycles. The minimum Gasteiger partial charge on any atom is -0.481 e. The van der Waals surface area contributed by atoms with Gasteiger partial charge in [0.15, 0.2) is 0 Å². The lowest BCUT2D eigenvalue weighted by atomic mass is 9.86. The van der Waals surface area contributed by atoms with Gasteiger partial charge < -0.3 is 31.3 Å². The number of benzene rings is 2. The van der Waals surface area contributed by atoms with E-state index < -0.39 is 29.4 Å². The van der Waals surface area contributed by atoms with Crippen molar-refractivity contribution >= 4 is 29.3 Å². The lowest BCUT2D eigenvalue weighted by Gasteiger charge is -2.34. The Morgan fingerprint density at radius 1 is 0.976 bits per heavy atom. The highest BCUT2D eigenvalue weighted by atomic mass is 16.5. The van der Waals surface area contributed by atoms with Gasteiger partial charge in [-0.05, 0) is 67.8 Å². The van der Waals surface area contributed by atoms with Crippen LogP contribution in [0.15, 0.2) is 54.6 Å². The average molecular weight is 576 g/mol. The number of amidine groups is 1. The summed E-state index contributed by atoms with van der Waals surface area (Å²) in [4.78, 5) is 43.1. The van der Waals surface area contributed by atoms with Crippen LogP contribution in [0.1, 0.15) is 83.2 Å². The van der Waals surface area contributed by atoms with Crippen molar-refractivity contribution in [2.24, 2.45) is 5.73 Å². The molecule has 2 aromatic carbocycles. The van der Waals surface area contributed by atoms with Gasteiger partial charge in [-0.2, -0.15) is 0 Å². The normalized spacial score (nSPS) is 11.8. The molecular weight excluding hydrogens is 538 g/mol. The summed E-state index contributed by atoms with van der Waals surface area (Å²) in [5, 5.41) is 34.2. The van der Waals surface area contributed by atoms with Crippen LogP contribution in [0, 0.1) is 5.41 Å². The quantitative estimate of drug-likeness (QED) is 0.127. The molecule has 3 aromatic rings. The SMILES string of the molecule is CCCC(O)(CCC)C(C)NC(=O)c1ccc(-c2ccc(OC)nc2C(=O)Nc2ccc(C(=N)N)cc2)c(C(=O)O)c1. The van der Waals surface area contributed by atoms with Crippen molar-refractivity contribution in [1.82, 2.24) is 10.3 Å². The Morgan fingerprint density at radius 2 is 1.57 bits per heavy atom. The van der Waals surface area contributed by atoms with Gasteiger partial charge in [-0.3, -0.25) is 15.0 Å². The number of rotatable bonds is 13. The van der Waals surface area contributed by atoms with Crippen LogP contribution in [0.25, 0.3) is 11.1 Å².